The summed E-state index contributed by atoms with van der Waals surface area (Å²) in [5.41, 5.74) is 20.9. The van der Waals surface area contributed by atoms with Crippen LogP contribution in [0.3, 0.4) is 0 Å². The molecule has 4 heteroatoms. The molecule has 8 aromatic rings. The van der Waals surface area contributed by atoms with Gasteiger partial charge in [0.15, 0.2) is 7.28 Å². The third-order valence-electron chi connectivity index (χ3n) is 13.4. The van der Waals surface area contributed by atoms with E-state index in [1.165, 1.54) is 50.1 Å². The fraction of sp³-hybridized carbons (Fsp3) is 0.263. The number of hydrogen-bond acceptors (Lipinski definition) is 3. The second-order valence-corrected chi connectivity index (χ2v) is 21.0. The van der Waals surface area contributed by atoms with Crippen LogP contribution in [0, 0.1) is 0 Å². The van der Waals surface area contributed by atoms with E-state index in [-0.39, 0.29) is 21.7 Å². The Bertz CT molecular complexity index is 3040. The average Bonchev–Trinajstić information content (AvgIpc) is 3.69. The number of hydrogen-bond donors (Lipinski definition) is 1. The predicted octanol–water partition coefficient (Wildman–Crippen LogP) is 14.6. The van der Waals surface area contributed by atoms with E-state index in [1.807, 2.05) is 0 Å². The van der Waals surface area contributed by atoms with Crippen molar-refractivity contribution in [3.63, 3.8) is 0 Å². The van der Waals surface area contributed by atoms with Crippen molar-refractivity contribution in [1.82, 2.24) is 0 Å². The van der Waals surface area contributed by atoms with Crippen molar-refractivity contribution in [3.05, 3.63) is 161 Å². The standard InChI is InChI=1S/C57H56BN2O/c1-54(2,3)34-20-25-37(26-21-34)59-47-33-45-41(39-16-12-14-18-44(39)57(45,10)11)31-43(47)51-52-49(32-42-40-17-13-15-19-50(40)61-53(42)51)60(38-27-22-35(23-28-38)55(4,5)6)48-29-24-36(56(7,8)9)30-46(48)58-52/h12-33,59H,1-11H3. The molecule has 2 heterocycles. The maximum Gasteiger partial charge on any atom is 0.198 e. The van der Waals surface area contributed by atoms with Crippen molar-refractivity contribution >= 4 is 68.6 Å². The summed E-state index contributed by atoms with van der Waals surface area (Å²) < 4.78 is 7.09. The maximum atomic E-state index is 7.09. The summed E-state index contributed by atoms with van der Waals surface area (Å²) >= 11 is 0. The van der Waals surface area contributed by atoms with E-state index in [0.717, 1.165) is 61.3 Å². The second-order valence-electron chi connectivity index (χ2n) is 21.0. The summed E-state index contributed by atoms with van der Waals surface area (Å²) in [6.07, 6.45) is 0. The molecule has 2 aliphatic rings. The number of rotatable bonds is 4. The molecule has 1 N–H and O–H groups in total. The SMILES string of the molecule is CC(C)(C)c1ccc(Nc2cc3c(cc2-c2c4c(cc5c2oc2ccccc25)N(c2ccc(C(C)(C)C)cc2)c2ccc(C(C)(C)C)cc2[B]4)-c2ccccc2C3(C)C)cc1. The van der Waals surface area contributed by atoms with Crippen LogP contribution in [-0.4, -0.2) is 7.28 Å². The van der Waals surface area contributed by atoms with Gasteiger partial charge >= 0.3 is 0 Å². The molecule has 7 aromatic carbocycles. The van der Waals surface area contributed by atoms with Gasteiger partial charge in [0.1, 0.15) is 11.2 Å². The fourth-order valence-electron chi connectivity index (χ4n) is 9.74. The number of nitrogens with one attached hydrogen (secondary N) is 1. The molecular formula is C57H56BN2O. The third kappa shape index (κ3) is 6.41. The summed E-state index contributed by atoms with van der Waals surface area (Å²) in [6, 6.07) is 49.9. The fourth-order valence-corrected chi connectivity index (χ4v) is 9.74. The minimum absolute atomic E-state index is 0.0202. The smallest absolute Gasteiger partial charge is 0.198 e. The molecule has 0 unspecified atom stereocenters. The van der Waals surface area contributed by atoms with Gasteiger partial charge in [-0.25, -0.2) is 0 Å². The van der Waals surface area contributed by atoms with Crippen LogP contribution >= 0.6 is 0 Å². The van der Waals surface area contributed by atoms with Gasteiger partial charge in [0.2, 0.25) is 0 Å². The Hall–Kier alpha value is -6.00. The lowest BCUT2D eigenvalue weighted by Gasteiger charge is -2.36. The highest BCUT2D eigenvalue weighted by atomic mass is 16.3. The Balaban J connectivity index is 1.30. The van der Waals surface area contributed by atoms with Gasteiger partial charge in [-0.3, -0.25) is 0 Å². The Morgan fingerprint density at radius 2 is 1.16 bits per heavy atom. The summed E-state index contributed by atoms with van der Waals surface area (Å²) in [7, 11) is 2.43. The Morgan fingerprint density at radius 3 is 1.85 bits per heavy atom. The Morgan fingerprint density at radius 1 is 0.541 bits per heavy atom. The molecule has 0 atom stereocenters. The minimum atomic E-state index is -0.174. The van der Waals surface area contributed by atoms with Crippen molar-refractivity contribution in [2.45, 2.75) is 97.8 Å². The van der Waals surface area contributed by atoms with E-state index >= 15 is 0 Å². The molecule has 1 aliphatic carbocycles. The molecule has 10 rings (SSSR count). The van der Waals surface area contributed by atoms with Gasteiger partial charge in [0, 0.05) is 55.8 Å². The van der Waals surface area contributed by atoms with Crippen molar-refractivity contribution in [2.75, 3.05) is 10.2 Å². The molecule has 0 saturated heterocycles. The van der Waals surface area contributed by atoms with Crippen LogP contribution in [0.1, 0.15) is 104 Å². The normalized spacial score (nSPS) is 14.4. The second kappa shape index (κ2) is 13.5. The zero-order valence-corrected chi connectivity index (χ0v) is 37.6. The molecule has 1 aromatic heterocycles. The first-order valence-corrected chi connectivity index (χ1v) is 21.9. The quantitative estimate of drug-likeness (QED) is 0.180. The molecule has 0 bridgehead atoms. The van der Waals surface area contributed by atoms with E-state index in [2.05, 4.69) is 227 Å². The summed E-state index contributed by atoms with van der Waals surface area (Å²) in [5, 5.41) is 6.20. The van der Waals surface area contributed by atoms with E-state index < -0.39 is 0 Å². The largest absolute Gasteiger partial charge is 0.455 e. The zero-order chi connectivity index (χ0) is 42.8. The lowest BCUT2D eigenvalue weighted by molar-refractivity contribution is 0.590. The van der Waals surface area contributed by atoms with Crippen molar-refractivity contribution in [1.29, 1.82) is 0 Å². The van der Waals surface area contributed by atoms with Gasteiger partial charge in [-0.15, -0.1) is 0 Å². The first-order valence-electron chi connectivity index (χ1n) is 21.9. The first kappa shape index (κ1) is 39.2. The van der Waals surface area contributed by atoms with Gasteiger partial charge in [0.05, 0.1) is 0 Å². The van der Waals surface area contributed by atoms with Crippen LogP contribution in [0.4, 0.5) is 28.4 Å². The number of anilines is 5. The van der Waals surface area contributed by atoms with Gasteiger partial charge < -0.3 is 14.6 Å². The Kier molecular flexibility index (Phi) is 8.67. The number of benzene rings is 7. The van der Waals surface area contributed by atoms with Crippen LogP contribution in [0.2, 0.25) is 0 Å². The topological polar surface area (TPSA) is 28.4 Å². The Labute approximate surface area is 363 Å². The summed E-state index contributed by atoms with van der Waals surface area (Å²) in [6.45, 7) is 25.3. The van der Waals surface area contributed by atoms with E-state index in [0.29, 0.717) is 0 Å². The van der Waals surface area contributed by atoms with Crippen molar-refractivity contribution in [2.24, 2.45) is 0 Å². The van der Waals surface area contributed by atoms with Crippen LogP contribution in [0.5, 0.6) is 0 Å². The lowest BCUT2D eigenvalue weighted by Crippen LogP contribution is -2.41. The van der Waals surface area contributed by atoms with Crippen LogP contribution < -0.4 is 21.1 Å². The highest BCUT2D eigenvalue weighted by molar-refractivity contribution is 6.73. The minimum Gasteiger partial charge on any atom is -0.455 e. The molecule has 0 spiro atoms. The van der Waals surface area contributed by atoms with E-state index in [1.54, 1.807) is 0 Å². The molecule has 3 nitrogen and oxygen atoms in total. The molecular weight excluding hydrogens is 739 g/mol. The third-order valence-corrected chi connectivity index (χ3v) is 13.4. The number of para-hydroxylation sites is 1. The van der Waals surface area contributed by atoms with E-state index in [4.69, 9.17) is 4.42 Å². The lowest BCUT2D eigenvalue weighted by atomic mass is 9.57. The molecule has 61 heavy (non-hydrogen) atoms. The summed E-state index contributed by atoms with van der Waals surface area (Å²) in [5.74, 6) is 0. The number of nitrogens with zero attached hydrogens (tertiary/aromatic N) is 1. The van der Waals surface area contributed by atoms with Crippen molar-refractivity contribution in [3.8, 4) is 22.3 Å². The molecule has 0 saturated carbocycles. The maximum absolute atomic E-state index is 7.09. The molecule has 1 aliphatic heterocycles. The van der Waals surface area contributed by atoms with E-state index in [9.17, 15) is 0 Å². The highest BCUT2D eigenvalue weighted by Crippen LogP contribution is 2.53. The zero-order valence-electron chi connectivity index (χ0n) is 37.6. The van der Waals surface area contributed by atoms with Crippen LogP contribution in [-0.2, 0) is 21.7 Å². The monoisotopic (exact) mass is 795 g/mol. The predicted molar refractivity (Wildman–Crippen MR) is 262 cm³/mol. The molecule has 0 amide bonds. The summed E-state index contributed by atoms with van der Waals surface area (Å²) in [4.78, 5) is 2.48. The molecule has 303 valence electrons. The van der Waals surface area contributed by atoms with Gasteiger partial charge in [0.25, 0.3) is 0 Å². The molecule has 1 radical (unpaired) electrons. The van der Waals surface area contributed by atoms with Gasteiger partial charge in [-0.2, -0.15) is 0 Å². The average molecular weight is 796 g/mol. The van der Waals surface area contributed by atoms with Gasteiger partial charge in [-0.1, -0.05) is 160 Å². The van der Waals surface area contributed by atoms with Gasteiger partial charge in [-0.05, 0) is 115 Å². The van der Waals surface area contributed by atoms with Crippen LogP contribution in [0.25, 0.3) is 44.2 Å². The highest BCUT2D eigenvalue weighted by Gasteiger charge is 2.38. The molecule has 0 fully saturated rings. The first-order chi connectivity index (χ1) is 28.9. The number of fused-ring (bicyclic) bond motifs is 8. The van der Waals surface area contributed by atoms with Crippen molar-refractivity contribution < 1.29 is 4.42 Å². The van der Waals surface area contributed by atoms with Crippen LogP contribution in [0.15, 0.2) is 138 Å². The number of furan rings is 1.